The highest BCUT2D eigenvalue weighted by Gasteiger charge is 2.33. The Hall–Kier alpha value is -2.71. The summed E-state index contributed by atoms with van der Waals surface area (Å²) in [5, 5.41) is 13.9. The Morgan fingerprint density at radius 1 is 0.833 bits per heavy atom. The van der Waals surface area contributed by atoms with Gasteiger partial charge >= 0.3 is 11.9 Å². The quantitative estimate of drug-likeness (QED) is 0.703. The van der Waals surface area contributed by atoms with E-state index in [1.54, 1.807) is 0 Å². The van der Waals surface area contributed by atoms with Crippen LogP contribution >= 0.6 is 0 Å². The zero-order valence-corrected chi connectivity index (χ0v) is 13.3. The first-order valence-corrected chi connectivity index (χ1v) is 8.23. The monoisotopic (exact) mass is 352 g/mol. The highest BCUT2D eigenvalue weighted by Crippen LogP contribution is 2.17. The van der Waals surface area contributed by atoms with Gasteiger partial charge in [0.15, 0.2) is 5.25 Å². The normalized spacial score (nSPS) is 11.7. The number of hydrogen-bond donors (Lipinski definition) is 3. The first-order chi connectivity index (χ1) is 11.2. The summed E-state index contributed by atoms with van der Waals surface area (Å²) in [6.07, 6.45) is -1.16. The molecule has 0 aromatic heterocycles. The molecule has 7 nitrogen and oxygen atoms in total. The van der Waals surface area contributed by atoms with Gasteiger partial charge in [0.2, 0.25) is 0 Å². The Morgan fingerprint density at radius 2 is 1.21 bits per heavy atom. The van der Waals surface area contributed by atoms with Crippen LogP contribution in [0.3, 0.4) is 0 Å². The minimum Gasteiger partial charge on any atom is -0.481 e. The second-order valence-corrected chi connectivity index (χ2v) is 6.27. The molecule has 0 fully saturated rings. The summed E-state index contributed by atoms with van der Waals surface area (Å²) in [4.78, 5) is 20.0. The van der Waals surface area contributed by atoms with E-state index in [1.165, 1.54) is 11.1 Å². The Bertz CT molecular complexity index is 733. The van der Waals surface area contributed by atoms with E-state index in [1.807, 2.05) is 12.1 Å². The van der Waals surface area contributed by atoms with Crippen molar-refractivity contribution in [2.24, 2.45) is 0 Å². The third kappa shape index (κ3) is 6.59. The fourth-order valence-electron chi connectivity index (χ4n) is 1.74. The van der Waals surface area contributed by atoms with Crippen molar-refractivity contribution in [1.82, 2.24) is 0 Å². The molecule has 1 atom stereocenters. The van der Waals surface area contributed by atoms with E-state index >= 15 is 0 Å². The van der Waals surface area contributed by atoms with Crippen molar-refractivity contribution >= 4 is 22.1 Å². The summed E-state index contributed by atoms with van der Waals surface area (Å²) in [5.74, 6) is -3.50. The predicted molar refractivity (Wildman–Crippen MR) is 87.1 cm³/mol. The van der Waals surface area contributed by atoms with Crippen LogP contribution in [0.4, 0.5) is 0 Å². The van der Waals surface area contributed by atoms with Crippen molar-refractivity contribution in [1.29, 1.82) is 0 Å². The molecular formula is C16H16O7S. The molecule has 0 aliphatic heterocycles. The number of aliphatic carboxylic acids is 2. The van der Waals surface area contributed by atoms with Gasteiger partial charge in [-0.25, -0.2) is 0 Å². The third-order valence-electron chi connectivity index (χ3n) is 2.88. The molecule has 2 aromatic carbocycles. The number of carboxylic acid groups (broad SMARTS) is 2. The number of carbonyl (C=O) groups is 2. The molecule has 0 saturated heterocycles. The Labute approximate surface area is 138 Å². The third-order valence-corrected chi connectivity index (χ3v) is 3.96. The molecule has 8 heteroatoms. The Kier molecular flexibility index (Phi) is 7.09. The van der Waals surface area contributed by atoms with Crippen molar-refractivity contribution in [2.45, 2.75) is 11.7 Å². The molecule has 0 radical (unpaired) electrons. The highest BCUT2D eigenvalue weighted by atomic mass is 32.2. The Balaban J connectivity index is 0.000000240. The zero-order chi connectivity index (χ0) is 18.2. The first kappa shape index (κ1) is 19.3. The van der Waals surface area contributed by atoms with Gasteiger partial charge in [0.05, 0.1) is 6.42 Å². The Morgan fingerprint density at radius 3 is 1.42 bits per heavy atom. The molecule has 0 heterocycles. The summed E-state index contributed by atoms with van der Waals surface area (Å²) in [7, 11) is -4.84. The fourth-order valence-corrected chi connectivity index (χ4v) is 2.35. The number of hydrogen-bond acceptors (Lipinski definition) is 4. The lowest BCUT2D eigenvalue weighted by Gasteiger charge is -2.04. The fraction of sp³-hybridized carbons (Fsp3) is 0.125. The first-order valence-electron chi connectivity index (χ1n) is 6.73. The van der Waals surface area contributed by atoms with E-state index in [4.69, 9.17) is 14.8 Å². The summed E-state index contributed by atoms with van der Waals surface area (Å²) in [6, 6.07) is 20.8. The van der Waals surface area contributed by atoms with Crippen LogP contribution in [0.1, 0.15) is 6.42 Å². The number of rotatable bonds is 5. The minimum absolute atomic E-state index is 1.16. The van der Waals surface area contributed by atoms with Gasteiger partial charge in [-0.3, -0.25) is 14.1 Å². The molecule has 128 valence electrons. The van der Waals surface area contributed by atoms with E-state index in [0.29, 0.717) is 0 Å². The van der Waals surface area contributed by atoms with E-state index in [9.17, 15) is 18.0 Å². The van der Waals surface area contributed by atoms with Crippen LogP contribution in [0.2, 0.25) is 0 Å². The van der Waals surface area contributed by atoms with Gasteiger partial charge in [0.25, 0.3) is 10.1 Å². The van der Waals surface area contributed by atoms with Gasteiger partial charge in [0.1, 0.15) is 0 Å². The van der Waals surface area contributed by atoms with Crippen LogP contribution < -0.4 is 0 Å². The van der Waals surface area contributed by atoms with Crippen LogP contribution in [0, 0.1) is 0 Å². The van der Waals surface area contributed by atoms with Crippen molar-refractivity contribution in [2.75, 3.05) is 0 Å². The largest absolute Gasteiger partial charge is 0.481 e. The van der Waals surface area contributed by atoms with Crippen LogP contribution in [0.15, 0.2) is 60.7 Å². The molecule has 24 heavy (non-hydrogen) atoms. The molecule has 0 spiro atoms. The standard InChI is InChI=1S/C12H10.C4H6O7S/c1-3-7-11(8-4-1)12-9-5-2-6-10-12;5-3(6)1-2(4(7)8)12(9,10)11/h1-10H;2H,1H2,(H,5,6)(H,7,8)(H,9,10,11). The maximum Gasteiger partial charge on any atom is 0.325 e. The molecule has 0 bridgehead atoms. The predicted octanol–water partition coefficient (Wildman–Crippen LogP) is 2.16. The molecule has 2 aromatic rings. The lowest BCUT2D eigenvalue weighted by molar-refractivity contribution is -0.143. The lowest BCUT2D eigenvalue weighted by Crippen LogP contribution is -2.31. The van der Waals surface area contributed by atoms with Crippen molar-refractivity contribution in [3.63, 3.8) is 0 Å². The van der Waals surface area contributed by atoms with E-state index in [-0.39, 0.29) is 0 Å². The van der Waals surface area contributed by atoms with Gasteiger partial charge in [-0.1, -0.05) is 60.7 Å². The number of carboxylic acids is 2. The van der Waals surface area contributed by atoms with E-state index in [2.05, 4.69) is 48.5 Å². The van der Waals surface area contributed by atoms with Crippen molar-refractivity contribution in [3.8, 4) is 11.1 Å². The molecule has 0 aliphatic carbocycles. The second kappa shape index (κ2) is 8.80. The molecule has 1 unspecified atom stereocenters. The molecule has 0 aliphatic rings. The van der Waals surface area contributed by atoms with Crippen LogP contribution in [0.25, 0.3) is 11.1 Å². The topological polar surface area (TPSA) is 129 Å². The molecule has 0 amide bonds. The van der Waals surface area contributed by atoms with Gasteiger partial charge in [-0.15, -0.1) is 0 Å². The lowest BCUT2D eigenvalue weighted by atomic mass is 10.1. The molecule has 2 rings (SSSR count). The van der Waals surface area contributed by atoms with Gasteiger partial charge in [-0.05, 0) is 11.1 Å². The average molecular weight is 352 g/mol. The van der Waals surface area contributed by atoms with Gasteiger partial charge in [0, 0.05) is 0 Å². The number of benzene rings is 2. The summed E-state index contributed by atoms with van der Waals surface area (Å²) in [5.41, 5.74) is 2.55. The highest BCUT2D eigenvalue weighted by molar-refractivity contribution is 7.87. The minimum atomic E-state index is -4.84. The molecular weight excluding hydrogens is 336 g/mol. The van der Waals surface area contributed by atoms with E-state index < -0.39 is 33.7 Å². The van der Waals surface area contributed by atoms with Gasteiger partial charge < -0.3 is 10.2 Å². The van der Waals surface area contributed by atoms with Crippen LogP contribution in [0.5, 0.6) is 0 Å². The van der Waals surface area contributed by atoms with Gasteiger partial charge in [-0.2, -0.15) is 8.42 Å². The maximum absolute atomic E-state index is 10.2. The summed E-state index contributed by atoms with van der Waals surface area (Å²) < 4.78 is 28.7. The summed E-state index contributed by atoms with van der Waals surface area (Å²) in [6.45, 7) is 0. The molecule has 0 saturated carbocycles. The maximum atomic E-state index is 10.2. The summed E-state index contributed by atoms with van der Waals surface area (Å²) >= 11 is 0. The van der Waals surface area contributed by atoms with Crippen LogP contribution in [-0.2, 0) is 19.7 Å². The van der Waals surface area contributed by atoms with Crippen molar-refractivity contribution in [3.05, 3.63) is 60.7 Å². The smallest absolute Gasteiger partial charge is 0.325 e. The van der Waals surface area contributed by atoms with Crippen LogP contribution in [-0.4, -0.2) is 40.4 Å². The van der Waals surface area contributed by atoms with E-state index in [0.717, 1.165) is 0 Å². The second-order valence-electron chi connectivity index (χ2n) is 4.67. The zero-order valence-electron chi connectivity index (χ0n) is 12.4. The SMILES string of the molecule is O=C(O)CC(C(=O)O)S(=O)(=O)O.c1ccc(-c2ccccc2)cc1. The van der Waals surface area contributed by atoms with Crippen molar-refractivity contribution < 1.29 is 32.8 Å². The molecule has 3 N–H and O–H groups in total. The average Bonchev–Trinajstić information content (AvgIpc) is 2.53.